The van der Waals surface area contributed by atoms with Gasteiger partial charge in [-0.15, -0.1) is 0 Å². The maximum Gasteiger partial charge on any atom is 0.140 e. The molecule has 19 heavy (non-hydrogen) atoms. The van der Waals surface area contributed by atoms with Gasteiger partial charge in [0.1, 0.15) is 5.65 Å². The summed E-state index contributed by atoms with van der Waals surface area (Å²) < 4.78 is 4.00. The Morgan fingerprint density at radius 2 is 1.89 bits per heavy atom. The first kappa shape index (κ1) is 13.2. The van der Waals surface area contributed by atoms with Crippen molar-refractivity contribution in [2.45, 2.75) is 6.92 Å². The van der Waals surface area contributed by atoms with Crippen molar-refractivity contribution >= 4 is 49.1 Å². The normalized spacial score (nSPS) is 11.2. The molecule has 5 heteroatoms. The molecule has 0 saturated carbocycles. The van der Waals surface area contributed by atoms with Crippen LogP contribution in [0.5, 0.6) is 0 Å². The second-order valence-corrected chi connectivity index (χ2v) is 6.56. The van der Waals surface area contributed by atoms with Crippen molar-refractivity contribution in [3.05, 3.63) is 56.2 Å². The van der Waals surface area contributed by atoms with Crippen molar-refractivity contribution in [2.75, 3.05) is 0 Å². The molecule has 0 N–H and O–H groups in total. The lowest BCUT2D eigenvalue weighted by atomic mass is 10.2. The number of hydrogen-bond acceptors (Lipinski definition) is 1. The quantitative estimate of drug-likeness (QED) is 0.528. The van der Waals surface area contributed by atoms with E-state index in [4.69, 9.17) is 11.6 Å². The maximum absolute atomic E-state index is 6.27. The van der Waals surface area contributed by atoms with Gasteiger partial charge in [-0.3, -0.25) is 0 Å². The summed E-state index contributed by atoms with van der Waals surface area (Å²) in [4.78, 5) is 4.66. The number of pyridine rings is 1. The molecule has 0 radical (unpaired) electrons. The molecular weight excluding hydrogens is 391 g/mol. The largest absolute Gasteiger partial charge is 0.305 e. The minimum atomic E-state index is 0.689. The average Bonchev–Trinajstić information content (AvgIpc) is 2.72. The van der Waals surface area contributed by atoms with Crippen LogP contribution in [0.1, 0.15) is 5.56 Å². The smallest absolute Gasteiger partial charge is 0.140 e. The highest BCUT2D eigenvalue weighted by Crippen LogP contribution is 2.30. The molecule has 3 rings (SSSR count). The van der Waals surface area contributed by atoms with Crippen LogP contribution < -0.4 is 0 Å². The van der Waals surface area contributed by atoms with Gasteiger partial charge in [0, 0.05) is 26.9 Å². The summed E-state index contributed by atoms with van der Waals surface area (Å²) in [5, 5.41) is 0.689. The molecule has 0 aliphatic heterocycles. The zero-order valence-electron chi connectivity index (χ0n) is 9.99. The second-order valence-electron chi connectivity index (χ2n) is 4.32. The molecular formula is C14H9Br2ClN2. The van der Waals surface area contributed by atoms with E-state index in [0.29, 0.717) is 5.02 Å². The van der Waals surface area contributed by atoms with Crippen LogP contribution in [0.4, 0.5) is 0 Å². The van der Waals surface area contributed by atoms with E-state index in [9.17, 15) is 0 Å². The van der Waals surface area contributed by atoms with Crippen LogP contribution in [0.3, 0.4) is 0 Å². The summed E-state index contributed by atoms with van der Waals surface area (Å²) in [6.07, 6.45) is 3.98. The number of fused-ring (bicyclic) bond motifs is 1. The third-order valence-corrected chi connectivity index (χ3v) is 4.15. The Morgan fingerprint density at radius 3 is 2.63 bits per heavy atom. The lowest BCUT2D eigenvalue weighted by Crippen LogP contribution is -1.86. The van der Waals surface area contributed by atoms with E-state index in [1.165, 1.54) is 0 Å². The Morgan fingerprint density at radius 1 is 1.11 bits per heavy atom. The van der Waals surface area contributed by atoms with Crippen LogP contribution in [-0.4, -0.2) is 9.38 Å². The van der Waals surface area contributed by atoms with E-state index in [1.54, 1.807) is 0 Å². The van der Waals surface area contributed by atoms with Gasteiger partial charge in [0.05, 0.1) is 10.7 Å². The summed E-state index contributed by atoms with van der Waals surface area (Å²) in [6.45, 7) is 2.04. The predicted octanol–water partition coefficient (Wildman–Crippen LogP) is 5.49. The minimum Gasteiger partial charge on any atom is -0.305 e. The van der Waals surface area contributed by atoms with Crippen molar-refractivity contribution in [1.29, 1.82) is 0 Å². The lowest BCUT2D eigenvalue weighted by molar-refractivity contribution is 1.15. The Kier molecular flexibility index (Phi) is 3.41. The highest BCUT2D eigenvalue weighted by Gasteiger charge is 2.10. The third-order valence-electron chi connectivity index (χ3n) is 2.91. The summed E-state index contributed by atoms with van der Waals surface area (Å²) in [6, 6.07) is 7.87. The first-order valence-corrected chi connectivity index (χ1v) is 7.61. The van der Waals surface area contributed by atoms with Gasteiger partial charge < -0.3 is 4.40 Å². The Bertz CT molecular complexity index is 780. The van der Waals surface area contributed by atoms with Crippen LogP contribution in [0, 0.1) is 6.92 Å². The molecule has 3 aromatic rings. The van der Waals surface area contributed by atoms with Crippen molar-refractivity contribution in [2.24, 2.45) is 0 Å². The van der Waals surface area contributed by atoms with E-state index in [2.05, 4.69) is 42.9 Å². The van der Waals surface area contributed by atoms with E-state index < -0.39 is 0 Å². The number of benzene rings is 1. The Balaban J connectivity index is 2.23. The number of halogens is 3. The lowest BCUT2D eigenvalue weighted by Gasteiger charge is -2.00. The molecule has 2 nitrogen and oxygen atoms in total. The number of hydrogen-bond donors (Lipinski definition) is 0. The van der Waals surface area contributed by atoms with Gasteiger partial charge in [-0.2, -0.15) is 0 Å². The van der Waals surface area contributed by atoms with Gasteiger partial charge in [-0.25, -0.2) is 4.98 Å². The molecule has 0 saturated heterocycles. The van der Waals surface area contributed by atoms with Crippen LogP contribution in [0.25, 0.3) is 16.9 Å². The predicted molar refractivity (Wildman–Crippen MR) is 85.8 cm³/mol. The fourth-order valence-electron chi connectivity index (χ4n) is 2.05. The zero-order chi connectivity index (χ0) is 13.6. The molecule has 0 aliphatic rings. The number of rotatable bonds is 1. The molecule has 0 amide bonds. The summed E-state index contributed by atoms with van der Waals surface area (Å²) in [7, 11) is 0. The van der Waals surface area contributed by atoms with Gasteiger partial charge in [-0.05, 0) is 46.6 Å². The number of aryl methyl sites for hydroxylation is 1. The molecule has 0 bridgehead atoms. The molecule has 0 unspecified atom stereocenters. The molecule has 2 heterocycles. The van der Waals surface area contributed by atoms with Gasteiger partial charge in [-0.1, -0.05) is 33.6 Å². The molecule has 0 spiro atoms. The first-order valence-electron chi connectivity index (χ1n) is 5.65. The minimum absolute atomic E-state index is 0.689. The second kappa shape index (κ2) is 4.93. The fraction of sp³-hybridized carbons (Fsp3) is 0.0714. The number of imidazole rings is 1. The average molecular weight is 401 g/mol. The highest BCUT2D eigenvalue weighted by atomic mass is 79.9. The van der Waals surface area contributed by atoms with Gasteiger partial charge in [0.2, 0.25) is 0 Å². The Labute approximate surface area is 132 Å². The van der Waals surface area contributed by atoms with Crippen LogP contribution >= 0.6 is 43.5 Å². The van der Waals surface area contributed by atoms with Gasteiger partial charge in [0.25, 0.3) is 0 Å². The summed E-state index contributed by atoms with van der Waals surface area (Å²) in [5.41, 5.74) is 3.87. The van der Waals surface area contributed by atoms with E-state index in [1.807, 2.05) is 41.9 Å². The van der Waals surface area contributed by atoms with Crippen molar-refractivity contribution in [1.82, 2.24) is 9.38 Å². The standard InChI is InChI=1S/C14H9Br2ClN2/c1-8-4-10(16)6-19-7-13(18-14(8)19)11-3-2-9(15)5-12(11)17/h2-7H,1H3. The molecule has 0 atom stereocenters. The van der Waals surface area contributed by atoms with Crippen LogP contribution in [0.2, 0.25) is 5.02 Å². The third kappa shape index (κ3) is 2.45. The van der Waals surface area contributed by atoms with E-state index >= 15 is 0 Å². The van der Waals surface area contributed by atoms with Crippen molar-refractivity contribution < 1.29 is 0 Å². The van der Waals surface area contributed by atoms with Crippen molar-refractivity contribution in [3.8, 4) is 11.3 Å². The molecule has 0 fully saturated rings. The van der Waals surface area contributed by atoms with Gasteiger partial charge in [0.15, 0.2) is 0 Å². The van der Waals surface area contributed by atoms with Crippen LogP contribution in [0.15, 0.2) is 45.6 Å². The van der Waals surface area contributed by atoms with E-state index in [-0.39, 0.29) is 0 Å². The topological polar surface area (TPSA) is 17.3 Å². The SMILES string of the molecule is Cc1cc(Br)cn2cc(-c3ccc(Br)cc3Cl)nc12. The van der Waals surface area contributed by atoms with Gasteiger partial charge >= 0.3 is 0 Å². The van der Waals surface area contributed by atoms with Crippen LogP contribution in [-0.2, 0) is 0 Å². The first-order chi connectivity index (χ1) is 9.04. The fourth-order valence-corrected chi connectivity index (χ4v) is 3.39. The van der Waals surface area contributed by atoms with Crippen molar-refractivity contribution in [3.63, 3.8) is 0 Å². The summed E-state index contributed by atoms with van der Waals surface area (Å²) in [5.74, 6) is 0. The molecule has 96 valence electrons. The Hall–Kier alpha value is -0.840. The number of nitrogens with zero attached hydrogens (tertiary/aromatic N) is 2. The molecule has 1 aromatic carbocycles. The summed E-state index contributed by atoms with van der Waals surface area (Å²) >= 11 is 13.2. The highest BCUT2D eigenvalue weighted by molar-refractivity contribution is 9.10. The monoisotopic (exact) mass is 398 g/mol. The molecule has 0 aliphatic carbocycles. The maximum atomic E-state index is 6.27. The zero-order valence-corrected chi connectivity index (χ0v) is 13.9. The van der Waals surface area contributed by atoms with E-state index in [0.717, 1.165) is 31.4 Å². The number of aromatic nitrogens is 2. The molecule has 2 aromatic heterocycles.